The van der Waals surface area contributed by atoms with E-state index in [0.29, 0.717) is 24.9 Å². The first-order chi connectivity index (χ1) is 20.8. The van der Waals surface area contributed by atoms with Crippen LogP contribution in [0.4, 0.5) is 0 Å². The second-order valence-corrected chi connectivity index (χ2v) is 13.6. The number of nitrogens with one attached hydrogen (secondary N) is 2. The summed E-state index contributed by atoms with van der Waals surface area (Å²) in [6.45, 7) is 7.43. The van der Waals surface area contributed by atoms with E-state index in [4.69, 9.17) is 4.42 Å². The first-order valence-electron chi connectivity index (χ1n) is 14.4. The molecule has 234 valence electrons. The molecular weight excluding hydrogens is 586 g/mol. The standard InChI is InChI=1S/C31H37N5O7S/c1-18(2)24(26(37)30-35-34-29(43-30)21-10-7-6-8-11-21)32-28(39)23-12-9-17-36(23)31(40)25(19(3)4)33-27(38)20-13-15-22(16-14-20)44(5,41)42/h6-8,10-11,13-16,18-19,23-25H,9,12,17H2,1-5H3,(H,32,39)(H,33,38)/t23-,24-,25-/m0/s1. The second-order valence-electron chi connectivity index (χ2n) is 11.6. The molecule has 3 aromatic rings. The summed E-state index contributed by atoms with van der Waals surface area (Å²) in [4.78, 5) is 55.1. The Morgan fingerprint density at radius 1 is 0.886 bits per heavy atom. The van der Waals surface area contributed by atoms with Gasteiger partial charge in [0.25, 0.3) is 11.8 Å². The molecule has 1 aliphatic heterocycles. The van der Waals surface area contributed by atoms with Gasteiger partial charge in [0.05, 0.1) is 10.9 Å². The van der Waals surface area contributed by atoms with E-state index in [2.05, 4.69) is 20.8 Å². The summed E-state index contributed by atoms with van der Waals surface area (Å²) in [6.07, 6.45) is 2.03. The number of carbonyl (C=O) groups is 4. The quantitative estimate of drug-likeness (QED) is 0.305. The van der Waals surface area contributed by atoms with Gasteiger partial charge in [-0.25, -0.2) is 8.42 Å². The molecule has 0 bridgehead atoms. The number of carbonyl (C=O) groups excluding carboxylic acids is 4. The highest BCUT2D eigenvalue weighted by Gasteiger charge is 2.40. The monoisotopic (exact) mass is 623 g/mol. The first kappa shape index (κ1) is 32.5. The molecule has 13 heteroatoms. The Labute approximate surface area is 256 Å². The molecule has 44 heavy (non-hydrogen) atoms. The minimum atomic E-state index is -3.43. The van der Waals surface area contributed by atoms with Crippen molar-refractivity contribution in [2.45, 2.75) is 63.6 Å². The number of Topliss-reactive ketones (excluding diaryl/α,β-unsaturated/α-hetero) is 1. The third kappa shape index (κ3) is 7.39. The van der Waals surface area contributed by atoms with Crippen molar-refractivity contribution in [3.63, 3.8) is 0 Å². The van der Waals surface area contributed by atoms with E-state index in [1.165, 1.54) is 29.2 Å². The molecule has 0 aliphatic carbocycles. The van der Waals surface area contributed by atoms with Gasteiger partial charge in [0.15, 0.2) is 9.84 Å². The molecule has 0 spiro atoms. The predicted octanol–water partition coefficient (Wildman–Crippen LogP) is 2.91. The van der Waals surface area contributed by atoms with Crippen molar-refractivity contribution in [2.24, 2.45) is 11.8 Å². The predicted molar refractivity (Wildman–Crippen MR) is 161 cm³/mol. The zero-order valence-electron chi connectivity index (χ0n) is 25.3. The number of nitrogens with zero attached hydrogens (tertiary/aromatic N) is 3. The molecule has 1 aliphatic rings. The largest absolute Gasteiger partial charge is 0.414 e. The summed E-state index contributed by atoms with van der Waals surface area (Å²) in [5.74, 6) is -2.66. The number of hydrogen-bond acceptors (Lipinski definition) is 9. The van der Waals surface area contributed by atoms with Gasteiger partial charge in [0.1, 0.15) is 12.1 Å². The van der Waals surface area contributed by atoms with Gasteiger partial charge in [-0.2, -0.15) is 0 Å². The van der Waals surface area contributed by atoms with Gasteiger partial charge in [0, 0.05) is 23.9 Å². The zero-order valence-corrected chi connectivity index (χ0v) is 26.1. The smallest absolute Gasteiger partial charge is 0.286 e. The van der Waals surface area contributed by atoms with Crippen LogP contribution in [0, 0.1) is 11.8 Å². The Hall–Kier alpha value is -4.39. The van der Waals surface area contributed by atoms with Crippen LogP contribution in [0.3, 0.4) is 0 Å². The van der Waals surface area contributed by atoms with Gasteiger partial charge in [-0.15, -0.1) is 10.2 Å². The summed E-state index contributed by atoms with van der Waals surface area (Å²) >= 11 is 0. The van der Waals surface area contributed by atoms with Crippen LogP contribution in [-0.2, 0) is 19.4 Å². The molecule has 3 amide bonds. The number of likely N-dealkylation sites (tertiary alicyclic amines) is 1. The highest BCUT2D eigenvalue weighted by molar-refractivity contribution is 7.90. The molecule has 12 nitrogen and oxygen atoms in total. The molecule has 0 saturated carbocycles. The molecular formula is C31H37N5O7S. The third-order valence-electron chi connectivity index (χ3n) is 7.51. The minimum Gasteiger partial charge on any atom is -0.414 e. The van der Waals surface area contributed by atoms with Crippen molar-refractivity contribution in [3.05, 3.63) is 66.1 Å². The summed E-state index contributed by atoms with van der Waals surface area (Å²) < 4.78 is 29.1. The maximum atomic E-state index is 13.7. The van der Waals surface area contributed by atoms with Gasteiger partial charge in [-0.05, 0) is 61.1 Å². The van der Waals surface area contributed by atoms with Crippen molar-refractivity contribution in [1.29, 1.82) is 0 Å². The van der Waals surface area contributed by atoms with Gasteiger partial charge >= 0.3 is 0 Å². The highest BCUT2D eigenvalue weighted by Crippen LogP contribution is 2.23. The summed E-state index contributed by atoms with van der Waals surface area (Å²) in [7, 11) is -3.43. The fraction of sp³-hybridized carbons (Fsp3) is 0.419. The average molecular weight is 624 g/mol. The third-order valence-corrected chi connectivity index (χ3v) is 8.63. The van der Waals surface area contributed by atoms with E-state index in [0.717, 1.165) is 6.26 Å². The van der Waals surface area contributed by atoms with Gasteiger partial charge < -0.3 is 20.0 Å². The van der Waals surface area contributed by atoms with E-state index in [-0.39, 0.29) is 34.1 Å². The Morgan fingerprint density at radius 3 is 2.11 bits per heavy atom. The number of rotatable bonds is 11. The molecule has 3 atom stereocenters. The lowest BCUT2D eigenvalue weighted by molar-refractivity contribution is -0.140. The molecule has 4 rings (SSSR count). The lowest BCUT2D eigenvalue weighted by Crippen LogP contribution is -2.57. The van der Waals surface area contributed by atoms with Crippen molar-refractivity contribution in [1.82, 2.24) is 25.7 Å². The van der Waals surface area contributed by atoms with E-state index in [1.807, 2.05) is 6.07 Å². The fourth-order valence-corrected chi connectivity index (χ4v) is 5.64. The van der Waals surface area contributed by atoms with Crippen molar-refractivity contribution in [2.75, 3.05) is 12.8 Å². The van der Waals surface area contributed by atoms with Crippen LogP contribution in [0.5, 0.6) is 0 Å². The summed E-state index contributed by atoms with van der Waals surface area (Å²) in [6, 6.07) is 11.7. The Bertz CT molecular complexity index is 1620. The van der Waals surface area contributed by atoms with E-state index >= 15 is 0 Å². The Balaban J connectivity index is 1.46. The zero-order chi connectivity index (χ0) is 32.2. The maximum absolute atomic E-state index is 13.7. The number of ketones is 1. The normalized spacial score (nSPS) is 16.5. The molecule has 1 saturated heterocycles. The molecule has 2 N–H and O–H groups in total. The molecule has 1 fully saturated rings. The van der Waals surface area contributed by atoms with Crippen LogP contribution in [0.15, 0.2) is 63.9 Å². The lowest BCUT2D eigenvalue weighted by Gasteiger charge is -2.31. The minimum absolute atomic E-state index is 0.0744. The average Bonchev–Trinajstić information content (AvgIpc) is 3.68. The van der Waals surface area contributed by atoms with Crippen molar-refractivity contribution in [3.8, 4) is 11.5 Å². The van der Waals surface area contributed by atoms with Crippen molar-refractivity contribution < 1.29 is 32.0 Å². The number of benzene rings is 2. The van der Waals surface area contributed by atoms with E-state index in [9.17, 15) is 27.6 Å². The van der Waals surface area contributed by atoms with E-state index in [1.54, 1.807) is 52.0 Å². The van der Waals surface area contributed by atoms with Crippen LogP contribution >= 0.6 is 0 Å². The summed E-state index contributed by atoms with van der Waals surface area (Å²) in [5.41, 5.74) is 0.850. The fourth-order valence-electron chi connectivity index (χ4n) is 5.01. The Morgan fingerprint density at radius 2 is 1.52 bits per heavy atom. The number of sulfone groups is 1. The van der Waals surface area contributed by atoms with Gasteiger partial charge in [-0.1, -0.05) is 45.9 Å². The lowest BCUT2D eigenvalue weighted by atomic mass is 9.98. The molecule has 1 aromatic heterocycles. The molecule has 2 aromatic carbocycles. The molecule has 0 radical (unpaired) electrons. The van der Waals surface area contributed by atoms with Crippen molar-refractivity contribution >= 4 is 33.3 Å². The summed E-state index contributed by atoms with van der Waals surface area (Å²) in [5, 5.41) is 13.4. The van der Waals surface area contributed by atoms with Crippen LogP contribution in [0.2, 0.25) is 0 Å². The van der Waals surface area contributed by atoms with Crippen LogP contribution in [0.25, 0.3) is 11.5 Å². The first-order valence-corrected chi connectivity index (χ1v) is 16.3. The van der Waals surface area contributed by atoms with Gasteiger partial charge in [0.2, 0.25) is 23.5 Å². The van der Waals surface area contributed by atoms with Crippen LogP contribution < -0.4 is 10.6 Å². The highest BCUT2D eigenvalue weighted by atomic mass is 32.2. The maximum Gasteiger partial charge on any atom is 0.286 e. The molecule has 2 heterocycles. The SMILES string of the molecule is CC(C)[C@H](NC(=O)[C@@H]1CCCN1C(=O)[C@@H](NC(=O)c1ccc(S(C)(=O)=O)cc1)C(C)C)C(=O)c1nnc(-c2ccccc2)o1. The van der Waals surface area contributed by atoms with Crippen LogP contribution in [0.1, 0.15) is 61.6 Å². The Kier molecular flexibility index (Phi) is 9.98. The van der Waals surface area contributed by atoms with Crippen LogP contribution in [-0.4, -0.2) is 77.9 Å². The van der Waals surface area contributed by atoms with Gasteiger partial charge in [-0.3, -0.25) is 19.2 Å². The number of amides is 3. The second kappa shape index (κ2) is 13.5. The molecule has 0 unspecified atom stereocenters. The number of aromatic nitrogens is 2. The van der Waals surface area contributed by atoms with E-state index < -0.39 is 51.5 Å². The number of hydrogen-bond donors (Lipinski definition) is 2. The topological polar surface area (TPSA) is 169 Å².